The van der Waals surface area contributed by atoms with Gasteiger partial charge in [0.1, 0.15) is 0 Å². The molecule has 1 amide bonds. The van der Waals surface area contributed by atoms with Crippen LogP contribution in [0.4, 0.5) is 0 Å². The Labute approximate surface area is 169 Å². The normalized spacial score (nSPS) is 15.2. The first-order valence-corrected chi connectivity index (χ1v) is 10.7. The van der Waals surface area contributed by atoms with Gasteiger partial charge < -0.3 is 15.4 Å². The van der Waals surface area contributed by atoms with Crippen LogP contribution in [0.2, 0.25) is 0 Å². The van der Waals surface area contributed by atoms with Gasteiger partial charge in [0.2, 0.25) is 0 Å². The van der Waals surface area contributed by atoms with Crippen molar-refractivity contribution in [1.29, 1.82) is 0 Å². The van der Waals surface area contributed by atoms with E-state index in [4.69, 9.17) is 15.5 Å². The van der Waals surface area contributed by atoms with E-state index < -0.39 is 0 Å². The minimum atomic E-state index is 0.0804. The molecule has 146 valence electrons. The number of carbonyl (C=O) groups is 1. The molecular formula is C22H25N3O2S. The summed E-state index contributed by atoms with van der Waals surface area (Å²) >= 11 is 1.64. The lowest BCUT2D eigenvalue weighted by atomic mass is 10.0. The van der Waals surface area contributed by atoms with Gasteiger partial charge in [0.15, 0.2) is 0 Å². The fourth-order valence-corrected chi connectivity index (χ4v) is 4.32. The zero-order valence-electron chi connectivity index (χ0n) is 15.8. The lowest BCUT2D eigenvalue weighted by Crippen LogP contribution is -2.41. The molecule has 2 N–H and O–H groups in total. The number of para-hydroxylation sites is 1. The standard InChI is InChI=1S/C22H25N3O2S/c23-10-4-13-27-16-8-11-25(12-9-16)22(26)18-15-20(21-7-3-14-28-21)24-19-6-2-1-5-17(18)19/h1-3,5-7,14-16H,4,8-13,23H2. The summed E-state index contributed by atoms with van der Waals surface area (Å²) in [6, 6.07) is 13.9. The molecule has 2 aromatic heterocycles. The molecule has 1 aliphatic heterocycles. The second-order valence-corrected chi connectivity index (χ2v) is 8.00. The third kappa shape index (κ3) is 4.09. The summed E-state index contributed by atoms with van der Waals surface area (Å²) in [5.74, 6) is 0.0804. The van der Waals surface area contributed by atoms with Crippen LogP contribution in [0.1, 0.15) is 29.6 Å². The van der Waals surface area contributed by atoms with Crippen LogP contribution in [-0.2, 0) is 4.74 Å². The summed E-state index contributed by atoms with van der Waals surface area (Å²) < 4.78 is 5.87. The van der Waals surface area contributed by atoms with Gasteiger partial charge in [0.05, 0.1) is 27.8 Å². The maximum Gasteiger partial charge on any atom is 0.254 e. The van der Waals surface area contributed by atoms with Crippen LogP contribution in [-0.4, -0.2) is 48.1 Å². The van der Waals surface area contributed by atoms with E-state index in [9.17, 15) is 4.79 Å². The summed E-state index contributed by atoms with van der Waals surface area (Å²) in [6.07, 6.45) is 2.86. The molecule has 0 atom stereocenters. The van der Waals surface area contributed by atoms with Crippen molar-refractivity contribution in [2.24, 2.45) is 5.73 Å². The van der Waals surface area contributed by atoms with E-state index in [0.29, 0.717) is 13.2 Å². The highest BCUT2D eigenvalue weighted by Crippen LogP contribution is 2.29. The lowest BCUT2D eigenvalue weighted by molar-refractivity contribution is 0.00850. The van der Waals surface area contributed by atoms with Crippen LogP contribution < -0.4 is 5.73 Å². The quantitative estimate of drug-likeness (QED) is 0.642. The maximum atomic E-state index is 13.3. The Balaban J connectivity index is 1.56. The zero-order chi connectivity index (χ0) is 19.3. The van der Waals surface area contributed by atoms with Gasteiger partial charge in [0.25, 0.3) is 5.91 Å². The fraction of sp³-hybridized carbons (Fsp3) is 0.364. The maximum absolute atomic E-state index is 13.3. The molecule has 1 aromatic carbocycles. The van der Waals surface area contributed by atoms with Gasteiger partial charge in [-0.25, -0.2) is 4.98 Å². The molecule has 0 radical (unpaired) electrons. The van der Waals surface area contributed by atoms with Crippen LogP contribution in [0.25, 0.3) is 21.5 Å². The van der Waals surface area contributed by atoms with Crippen LogP contribution in [0.3, 0.4) is 0 Å². The Kier molecular flexibility index (Phi) is 6.00. The van der Waals surface area contributed by atoms with Gasteiger partial charge in [-0.05, 0) is 49.4 Å². The number of nitrogens with zero attached hydrogens (tertiary/aromatic N) is 2. The second kappa shape index (κ2) is 8.82. The Morgan fingerprint density at radius 1 is 1.21 bits per heavy atom. The monoisotopic (exact) mass is 395 g/mol. The van der Waals surface area contributed by atoms with Crippen LogP contribution in [0, 0.1) is 0 Å². The molecule has 3 heterocycles. The van der Waals surface area contributed by atoms with E-state index in [1.165, 1.54) is 0 Å². The number of benzene rings is 1. The van der Waals surface area contributed by atoms with Crippen molar-refractivity contribution in [2.75, 3.05) is 26.2 Å². The number of piperidine rings is 1. The van der Waals surface area contributed by atoms with Crippen LogP contribution in [0.5, 0.6) is 0 Å². The predicted molar refractivity (Wildman–Crippen MR) is 114 cm³/mol. The average Bonchev–Trinajstić information content (AvgIpc) is 3.28. The number of amides is 1. The smallest absolute Gasteiger partial charge is 0.254 e. The molecule has 0 aliphatic carbocycles. The van der Waals surface area contributed by atoms with Crippen molar-refractivity contribution in [1.82, 2.24) is 9.88 Å². The van der Waals surface area contributed by atoms with Gasteiger partial charge >= 0.3 is 0 Å². The summed E-state index contributed by atoms with van der Waals surface area (Å²) in [6.45, 7) is 2.79. The van der Waals surface area contributed by atoms with Gasteiger partial charge in [-0.2, -0.15) is 0 Å². The van der Waals surface area contributed by atoms with E-state index in [1.807, 2.05) is 52.7 Å². The highest BCUT2D eigenvalue weighted by atomic mass is 32.1. The van der Waals surface area contributed by atoms with Crippen molar-refractivity contribution in [3.63, 3.8) is 0 Å². The molecular weight excluding hydrogens is 370 g/mol. The molecule has 3 aromatic rings. The number of ether oxygens (including phenoxy) is 1. The number of pyridine rings is 1. The third-order valence-electron chi connectivity index (χ3n) is 5.15. The summed E-state index contributed by atoms with van der Waals surface area (Å²) in [5, 5.41) is 2.94. The molecule has 0 unspecified atom stereocenters. The van der Waals surface area contributed by atoms with E-state index in [1.54, 1.807) is 11.3 Å². The number of aromatic nitrogens is 1. The molecule has 6 heteroatoms. The highest BCUT2D eigenvalue weighted by molar-refractivity contribution is 7.13. The van der Waals surface area contributed by atoms with Crippen molar-refractivity contribution in [3.8, 4) is 10.6 Å². The van der Waals surface area contributed by atoms with E-state index in [0.717, 1.165) is 59.4 Å². The Hall–Kier alpha value is -2.28. The van der Waals surface area contributed by atoms with Crippen LogP contribution in [0.15, 0.2) is 47.8 Å². The van der Waals surface area contributed by atoms with Gasteiger partial charge in [-0.1, -0.05) is 24.3 Å². The van der Waals surface area contributed by atoms with E-state index >= 15 is 0 Å². The number of likely N-dealkylation sites (tertiary alicyclic amines) is 1. The third-order valence-corrected chi connectivity index (χ3v) is 6.04. The Morgan fingerprint density at radius 2 is 2.04 bits per heavy atom. The first-order valence-electron chi connectivity index (χ1n) is 9.81. The van der Waals surface area contributed by atoms with Crippen molar-refractivity contribution in [2.45, 2.75) is 25.4 Å². The number of fused-ring (bicyclic) bond motifs is 1. The summed E-state index contributed by atoms with van der Waals surface area (Å²) in [4.78, 5) is 21.1. The number of thiophene rings is 1. The molecule has 0 spiro atoms. The van der Waals surface area contributed by atoms with Gasteiger partial charge in [-0.3, -0.25) is 4.79 Å². The molecule has 4 rings (SSSR count). The second-order valence-electron chi connectivity index (χ2n) is 7.05. The van der Waals surface area contributed by atoms with E-state index in [2.05, 4.69) is 0 Å². The molecule has 28 heavy (non-hydrogen) atoms. The molecule has 1 saturated heterocycles. The highest BCUT2D eigenvalue weighted by Gasteiger charge is 2.25. The average molecular weight is 396 g/mol. The molecule has 1 fully saturated rings. The summed E-state index contributed by atoms with van der Waals surface area (Å²) in [7, 11) is 0. The van der Waals surface area contributed by atoms with E-state index in [-0.39, 0.29) is 12.0 Å². The van der Waals surface area contributed by atoms with Crippen molar-refractivity contribution < 1.29 is 9.53 Å². The topological polar surface area (TPSA) is 68.5 Å². The number of nitrogens with two attached hydrogens (primary N) is 1. The fourth-order valence-electron chi connectivity index (χ4n) is 3.63. The SMILES string of the molecule is NCCCOC1CCN(C(=O)c2cc(-c3cccs3)nc3ccccc23)CC1. The zero-order valence-corrected chi connectivity index (χ0v) is 16.7. The van der Waals surface area contributed by atoms with Crippen molar-refractivity contribution in [3.05, 3.63) is 53.4 Å². The Bertz CT molecular complexity index is 934. The molecule has 1 aliphatic rings. The largest absolute Gasteiger partial charge is 0.378 e. The number of hydrogen-bond donors (Lipinski definition) is 1. The predicted octanol–water partition coefficient (Wildman–Crippen LogP) is 3.93. The van der Waals surface area contributed by atoms with Gasteiger partial charge in [-0.15, -0.1) is 11.3 Å². The summed E-state index contributed by atoms with van der Waals surface area (Å²) in [5.41, 5.74) is 7.98. The number of carbonyl (C=O) groups excluding carboxylic acids is 1. The Morgan fingerprint density at radius 3 is 2.79 bits per heavy atom. The minimum Gasteiger partial charge on any atom is -0.378 e. The number of rotatable bonds is 6. The van der Waals surface area contributed by atoms with Crippen LogP contribution >= 0.6 is 11.3 Å². The van der Waals surface area contributed by atoms with Gasteiger partial charge in [0, 0.05) is 25.1 Å². The lowest BCUT2D eigenvalue weighted by Gasteiger charge is -2.32. The molecule has 0 bridgehead atoms. The number of hydrogen-bond acceptors (Lipinski definition) is 5. The first-order chi connectivity index (χ1) is 13.8. The van der Waals surface area contributed by atoms with Crippen molar-refractivity contribution >= 4 is 28.1 Å². The minimum absolute atomic E-state index is 0.0804. The first kappa shape index (κ1) is 19.1. The molecule has 5 nitrogen and oxygen atoms in total. The molecule has 0 saturated carbocycles.